The third-order valence-corrected chi connectivity index (χ3v) is 5.23. The van der Waals surface area contributed by atoms with Crippen LogP contribution in [0.15, 0.2) is 48.5 Å². The molecule has 0 bridgehead atoms. The van der Waals surface area contributed by atoms with Crippen molar-refractivity contribution in [2.75, 3.05) is 26.1 Å². The molecule has 150 valence electrons. The van der Waals surface area contributed by atoms with Crippen LogP contribution in [0.1, 0.15) is 22.8 Å². The highest BCUT2D eigenvalue weighted by Gasteiger charge is 2.20. The molecule has 0 aliphatic carbocycles. The highest BCUT2D eigenvalue weighted by atomic mass is 32.1. The zero-order valence-electron chi connectivity index (χ0n) is 16.4. The van der Waals surface area contributed by atoms with Crippen molar-refractivity contribution in [1.29, 1.82) is 0 Å². The summed E-state index contributed by atoms with van der Waals surface area (Å²) in [4.78, 5) is 24.9. The van der Waals surface area contributed by atoms with E-state index in [1.54, 1.807) is 39.4 Å². The Morgan fingerprint density at radius 3 is 2.55 bits per heavy atom. The quantitative estimate of drug-likeness (QED) is 0.449. The van der Waals surface area contributed by atoms with Crippen molar-refractivity contribution in [3.05, 3.63) is 59.7 Å². The van der Waals surface area contributed by atoms with Crippen molar-refractivity contribution in [1.82, 2.24) is 0 Å². The summed E-state index contributed by atoms with van der Waals surface area (Å²) in [5.41, 5.74) is 1.15. The predicted molar refractivity (Wildman–Crippen MR) is 115 cm³/mol. The largest absolute Gasteiger partial charge is 0.493 e. The number of ether oxygens (including phenoxy) is 3. The van der Waals surface area contributed by atoms with Crippen LogP contribution in [0.4, 0.5) is 5.00 Å². The number of esters is 1. The van der Waals surface area contributed by atoms with Crippen molar-refractivity contribution in [3.8, 4) is 11.5 Å². The lowest BCUT2D eigenvalue weighted by molar-refractivity contribution is -0.111. The molecule has 1 heterocycles. The minimum absolute atomic E-state index is 0.260. The van der Waals surface area contributed by atoms with E-state index in [-0.39, 0.29) is 12.5 Å². The zero-order chi connectivity index (χ0) is 20.8. The Bertz CT molecular complexity index is 1070. The fourth-order valence-corrected chi connectivity index (χ4v) is 3.91. The van der Waals surface area contributed by atoms with Gasteiger partial charge in [0.1, 0.15) is 10.6 Å². The van der Waals surface area contributed by atoms with Crippen LogP contribution < -0.4 is 14.8 Å². The summed E-state index contributed by atoms with van der Waals surface area (Å²) in [7, 11) is 3.11. The van der Waals surface area contributed by atoms with Crippen LogP contribution in [0.3, 0.4) is 0 Å². The van der Waals surface area contributed by atoms with E-state index in [0.29, 0.717) is 22.1 Å². The van der Waals surface area contributed by atoms with Crippen molar-refractivity contribution in [2.45, 2.75) is 6.92 Å². The minimum Gasteiger partial charge on any atom is -0.493 e. The molecule has 0 atom stereocenters. The Morgan fingerprint density at radius 2 is 1.83 bits per heavy atom. The van der Waals surface area contributed by atoms with E-state index >= 15 is 0 Å². The molecular formula is C22H21NO5S. The minimum atomic E-state index is -0.455. The van der Waals surface area contributed by atoms with E-state index in [2.05, 4.69) is 5.32 Å². The Balaban J connectivity index is 1.84. The SMILES string of the molecule is CCOC(=O)c1c(NC(=O)/C=C/c2ccc(OC)c(OC)c2)sc2ccccc12. The molecule has 0 saturated carbocycles. The number of rotatable bonds is 7. The summed E-state index contributed by atoms with van der Waals surface area (Å²) in [6.45, 7) is 2.01. The fourth-order valence-electron chi connectivity index (χ4n) is 2.82. The number of benzene rings is 2. The number of carbonyl (C=O) groups is 2. The smallest absolute Gasteiger partial charge is 0.341 e. The number of amides is 1. The Morgan fingerprint density at radius 1 is 1.07 bits per heavy atom. The molecule has 1 amide bonds. The standard InChI is InChI=1S/C22H21NO5S/c1-4-28-22(25)20-15-7-5-6-8-18(15)29-21(20)23-19(24)12-10-14-9-11-16(26-2)17(13-14)27-3/h5-13H,4H2,1-3H3,(H,23,24)/b12-10+. The second kappa shape index (κ2) is 9.25. The van der Waals surface area contributed by atoms with Gasteiger partial charge in [0.25, 0.3) is 0 Å². The van der Waals surface area contributed by atoms with Gasteiger partial charge in [0.15, 0.2) is 11.5 Å². The van der Waals surface area contributed by atoms with E-state index < -0.39 is 5.97 Å². The average Bonchev–Trinajstić information content (AvgIpc) is 3.09. The van der Waals surface area contributed by atoms with Gasteiger partial charge in [0.2, 0.25) is 5.91 Å². The molecule has 6 nitrogen and oxygen atoms in total. The maximum Gasteiger partial charge on any atom is 0.341 e. The lowest BCUT2D eigenvalue weighted by atomic mass is 10.1. The van der Waals surface area contributed by atoms with E-state index in [0.717, 1.165) is 15.6 Å². The third kappa shape index (κ3) is 4.57. The number of nitrogens with one attached hydrogen (secondary N) is 1. The van der Waals surface area contributed by atoms with Gasteiger partial charge in [0.05, 0.1) is 20.8 Å². The van der Waals surface area contributed by atoms with Gasteiger partial charge in [-0.2, -0.15) is 0 Å². The van der Waals surface area contributed by atoms with Gasteiger partial charge in [0, 0.05) is 16.2 Å². The molecule has 3 rings (SSSR count). The molecule has 0 saturated heterocycles. The molecule has 0 aliphatic rings. The van der Waals surface area contributed by atoms with Crippen LogP contribution >= 0.6 is 11.3 Å². The van der Waals surface area contributed by atoms with Gasteiger partial charge in [-0.1, -0.05) is 24.3 Å². The van der Waals surface area contributed by atoms with Crippen molar-refractivity contribution >= 4 is 44.4 Å². The Labute approximate surface area is 172 Å². The molecule has 7 heteroatoms. The molecule has 1 N–H and O–H groups in total. The first-order valence-electron chi connectivity index (χ1n) is 8.97. The zero-order valence-corrected chi connectivity index (χ0v) is 17.2. The second-order valence-electron chi connectivity index (χ2n) is 5.96. The Kier molecular flexibility index (Phi) is 6.51. The van der Waals surface area contributed by atoms with E-state index in [1.807, 2.05) is 30.3 Å². The number of methoxy groups -OCH3 is 2. The highest BCUT2D eigenvalue weighted by molar-refractivity contribution is 7.23. The molecule has 0 unspecified atom stereocenters. The molecule has 0 fully saturated rings. The van der Waals surface area contributed by atoms with Crippen LogP contribution in [-0.2, 0) is 9.53 Å². The van der Waals surface area contributed by atoms with Gasteiger partial charge in [-0.25, -0.2) is 4.79 Å². The molecule has 3 aromatic rings. The van der Waals surface area contributed by atoms with Gasteiger partial charge < -0.3 is 19.5 Å². The lowest BCUT2D eigenvalue weighted by Gasteiger charge is -2.07. The van der Waals surface area contributed by atoms with Crippen LogP contribution in [0, 0.1) is 0 Å². The summed E-state index contributed by atoms with van der Waals surface area (Å²) >= 11 is 1.34. The summed E-state index contributed by atoms with van der Waals surface area (Å²) in [5.74, 6) is 0.378. The lowest BCUT2D eigenvalue weighted by Crippen LogP contribution is -2.12. The normalized spacial score (nSPS) is 10.9. The van der Waals surface area contributed by atoms with Crippen molar-refractivity contribution in [2.24, 2.45) is 0 Å². The van der Waals surface area contributed by atoms with Gasteiger partial charge in [-0.3, -0.25) is 4.79 Å². The third-order valence-electron chi connectivity index (χ3n) is 4.15. The number of hydrogen-bond donors (Lipinski definition) is 1. The maximum atomic E-state index is 12.5. The number of carbonyl (C=O) groups excluding carboxylic acids is 2. The van der Waals surface area contributed by atoms with Crippen LogP contribution in [0.2, 0.25) is 0 Å². The summed E-state index contributed by atoms with van der Waals surface area (Å²) in [6, 6.07) is 12.8. The Hall–Kier alpha value is -3.32. The fraction of sp³-hybridized carbons (Fsp3) is 0.182. The summed E-state index contributed by atoms with van der Waals surface area (Å²) in [6.07, 6.45) is 3.06. The second-order valence-corrected chi connectivity index (χ2v) is 7.01. The molecule has 0 spiro atoms. The van der Waals surface area contributed by atoms with Gasteiger partial charge in [-0.05, 0) is 36.8 Å². The number of fused-ring (bicyclic) bond motifs is 1. The topological polar surface area (TPSA) is 73.9 Å². The summed E-state index contributed by atoms with van der Waals surface area (Å²) < 4.78 is 16.5. The molecular weight excluding hydrogens is 390 g/mol. The maximum absolute atomic E-state index is 12.5. The van der Waals surface area contributed by atoms with Crippen LogP contribution in [0.5, 0.6) is 11.5 Å². The van der Waals surface area contributed by atoms with Gasteiger partial charge >= 0.3 is 5.97 Å². The highest BCUT2D eigenvalue weighted by Crippen LogP contribution is 2.36. The number of thiophene rings is 1. The van der Waals surface area contributed by atoms with E-state index in [1.165, 1.54) is 17.4 Å². The first-order valence-corrected chi connectivity index (χ1v) is 9.78. The first-order chi connectivity index (χ1) is 14.1. The number of hydrogen-bond acceptors (Lipinski definition) is 6. The van der Waals surface area contributed by atoms with Crippen molar-refractivity contribution in [3.63, 3.8) is 0 Å². The van der Waals surface area contributed by atoms with E-state index in [9.17, 15) is 9.59 Å². The van der Waals surface area contributed by atoms with Gasteiger partial charge in [-0.15, -0.1) is 11.3 Å². The predicted octanol–water partition coefficient (Wildman–Crippen LogP) is 4.75. The molecule has 1 aromatic heterocycles. The molecule has 0 aliphatic heterocycles. The monoisotopic (exact) mass is 411 g/mol. The van der Waals surface area contributed by atoms with Crippen LogP contribution in [0.25, 0.3) is 16.2 Å². The molecule has 0 radical (unpaired) electrons. The number of anilines is 1. The summed E-state index contributed by atoms with van der Waals surface area (Å²) in [5, 5.41) is 4.02. The van der Waals surface area contributed by atoms with Crippen molar-refractivity contribution < 1.29 is 23.8 Å². The molecule has 29 heavy (non-hydrogen) atoms. The first kappa shape index (κ1) is 20.4. The molecule has 2 aromatic carbocycles. The van der Waals surface area contributed by atoms with E-state index in [4.69, 9.17) is 14.2 Å². The average molecular weight is 411 g/mol. The van der Waals surface area contributed by atoms with Crippen LogP contribution in [-0.4, -0.2) is 32.7 Å².